The predicted octanol–water partition coefficient (Wildman–Crippen LogP) is 2.75. The number of allylic oxidation sites excluding steroid dienone is 1. The third kappa shape index (κ3) is 2.17. The third-order valence-electron chi connectivity index (χ3n) is 2.55. The molecule has 0 saturated carbocycles. The summed E-state index contributed by atoms with van der Waals surface area (Å²) >= 11 is 0. The lowest BCUT2D eigenvalue weighted by atomic mass is 9.99. The maximum Gasteiger partial charge on any atom is 0.131 e. The molecule has 16 heavy (non-hydrogen) atoms. The fraction of sp³-hybridized carbons (Fsp3) is 0.231. The summed E-state index contributed by atoms with van der Waals surface area (Å²) in [7, 11) is 0. The van der Waals surface area contributed by atoms with Gasteiger partial charge in [-0.15, -0.1) is 0 Å². The van der Waals surface area contributed by atoms with E-state index in [0.29, 0.717) is 24.1 Å². The first-order valence-electron chi connectivity index (χ1n) is 5.14. The summed E-state index contributed by atoms with van der Waals surface area (Å²) in [5, 5.41) is 8.53. The van der Waals surface area contributed by atoms with Crippen molar-refractivity contribution in [3.05, 3.63) is 41.2 Å². The summed E-state index contributed by atoms with van der Waals surface area (Å²) in [6.07, 6.45) is 4.66. The molecule has 1 aliphatic rings. The highest BCUT2D eigenvalue weighted by Gasteiger charge is 2.09. The average Bonchev–Trinajstić information content (AvgIpc) is 2.31. The molecule has 2 rings (SSSR count). The third-order valence-corrected chi connectivity index (χ3v) is 2.55. The molecule has 3 heteroatoms. The van der Waals surface area contributed by atoms with Crippen LogP contribution in [0.2, 0.25) is 0 Å². The van der Waals surface area contributed by atoms with Crippen LogP contribution in [0, 0.1) is 17.1 Å². The number of rotatable bonds is 2. The van der Waals surface area contributed by atoms with E-state index in [1.807, 2.05) is 12.1 Å². The van der Waals surface area contributed by atoms with Gasteiger partial charge < -0.3 is 0 Å². The number of hydrogen-bond donors (Lipinski definition) is 0. The molecule has 2 nitrogen and oxygen atoms in total. The van der Waals surface area contributed by atoms with Crippen LogP contribution in [0.1, 0.15) is 17.5 Å². The van der Waals surface area contributed by atoms with Crippen LogP contribution in [0.25, 0.3) is 5.57 Å². The van der Waals surface area contributed by atoms with E-state index in [2.05, 4.69) is 4.99 Å². The van der Waals surface area contributed by atoms with Gasteiger partial charge in [-0.3, -0.25) is 4.99 Å². The van der Waals surface area contributed by atoms with Crippen LogP contribution in [0.15, 0.2) is 29.3 Å². The van der Waals surface area contributed by atoms with Crippen molar-refractivity contribution in [3.8, 4) is 6.07 Å². The molecule has 1 aromatic rings. The molecular weight excluding hydrogens is 203 g/mol. The Kier molecular flexibility index (Phi) is 3.11. The number of dihydropyridines is 1. The van der Waals surface area contributed by atoms with E-state index in [-0.39, 0.29) is 12.2 Å². The van der Waals surface area contributed by atoms with Crippen LogP contribution in [0.4, 0.5) is 4.39 Å². The van der Waals surface area contributed by atoms with Gasteiger partial charge in [0.25, 0.3) is 0 Å². The minimum absolute atomic E-state index is 0.248. The van der Waals surface area contributed by atoms with Crippen LogP contribution in [-0.2, 0) is 6.42 Å². The van der Waals surface area contributed by atoms with E-state index in [4.69, 9.17) is 5.26 Å². The second kappa shape index (κ2) is 4.71. The maximum atomic E-state index is 13.8. The van der Waals surface area contributed by atoms with Gasteiger partial charge in [-0.05, 0) is 17.2 Å². The number of nitriles is 1. The molecule has 0 aliphatic carbocycles. The zero-order valence-electron chi connectivity index (χ0n) is 8.78. The van der Waals surface area contributed by atoms with Gasteiger partial charge in [-0.1, -0.05) is 18.2 Å². The van der Waals surface area contributed by atoms with Gasteiger partial charge in [-0.2, -0.15) is 5.26 Å². The highest BCUT2D eigenvalue weighted by atomic mass is 19.1. The van der Waals surface area contributed by atoms with E-state index >= 15 is 0 Å². The molecule has 0 aromatic heterocycles. The molecule has 0 atom stereocenters. The smallest absolute Gasteiger partial charge is 0.131 e. The molecule has 0 spiro atoms. The van der Waals surface area contributed by atoms with E-state index in [0.717, 1.165) is 5.57 Å². The van der Waals surface area contributed by atoms with Crippen LogP contribution in [-0.4, -0.2) is 12.8 Å². The standard InChI is InChI=1S/C13H11FN2/c14-13-9-10(3-6-15)1-2-12(13)11-4-7-16-8-5-11/h1-2,4,8-9H,3,5,7H2. The van der Waals surface area contributed by atoms with Gasteiger partial charge in [0.05, 0.1) is 19.0 Å². The van der Waals surface area contributed by atoms with E-state index < -0.39 is 0 Å². The molecule has 0 unspecified atom stereocenters. The lowest BCUT2D eigenvalue weighted by Crippen LogP contribution is -1.97. The average molecular weight is 214 g/mol. The quantitative estimate of drug-likeness (QED) is 0.745. The highest BCUT2D eigenvalue weighted by molar-refractivity contribution is 5.81. The van der Waals surface area contributed by atoms with Crippen molar-refractivity contribution in [2.24, 2.45) is 4.99 Å². The van der Waals surface area contributed by atoms with Crippen molar-refractivity contribution in [1.29, 1.82) is 5.26 Å². The van der Waals surface area contributed by atoms with Crippen molar-refractivity contribution < 1.29 is 4.39 Å². The fourth-order valence-electron chi connectivity index (χ4n) is 1.72. The van der Waals surface area contributed by atoms with Crippen LogP contribution >= 0.6 is 0 Å². The van der Waals surface area contributed by atoms with Gasteiger partial charge >= 0.3 is 0 Å². The van der Waals surface area contributed by atoms with Gasteiger partial charge in [-0.25, -0.2) is 4.39 Å². The molecule has 1 aliphatic heterocycles. The Labute approximate surface area is 93.7 Å². The largest absolute Gasteiger partial charge is 0.293 e. The van der Waals surface area contributed by atoms with Gasteiger partial charge in [0, 0.05) is 18.2 Å². The topological polar surface area (TPSA) is 36.1 Å². The Hall–Kier alpha value is -1.95. The number of benzene rings is 1. The van der Waals surface area contributed by atoms with E-state index in [1.54, 1.807) is 18.3 Å². The molecule has 0 radical (unpaired) electrons. The predicted molar refractivity (Wildman–Crippen MR) is 61.7 cm³/mol. The zero-order valence-corrected chi connectivity index (χ0v) is 8.78. The number of hydrogen-bond acceptors (Lipinski definition) is 2. The maximum absolute atomic E-state index is 13.8. The second-order valence-electron chi connectivity index (χ2n) is 3.63. The lowest BCUT2D eigenvalue weighted by Gasteiger charge is -2.10. The van der Waals surface area contributed by atoms with Crippen LogP contribution < -0.4 is 0 Å². The minimum Gasteiger partial charge on any atom is -0.293 e. The molecule has 80 valence electrons. The SMILES string of the molecule is N#CCc1ccc(C2=CCN=CC2)c(F)c1. The highest BCUT2D eigenvalue weighted by Crippen LogP contribution is 2.23. The van der Waals surface area contributed by atoms with Gasteiger partial charge in [0.1, 0.15) is 5.82 Å². The molecule has 0 saturated heterocycles. The molecule has 0 bridgehead atoms. The Morgan fingerprint density at radius 3 is 2.94 bits per heavy atom. The number of aliphatic imine (C=N–C) groups is 1. The molecule has 0 fully saturated rings. The van der Waals surface area contributed by atoms with Gasteiger partial charge in [0.2, 0.25) is 0 Å². The lowest BCUT2D eigenvalue weighted by molar-refractivity contribution is 0.622. The van der Waals surface area contributed by atoms with Crippen LogP contribution in [0.5, 0.6) is 0 Å². The van der Waals surface area contributed by atoms with E-state index in [1.165, 1.54) is 6.07 Å². The number of nitrogens with zero attached hydrogens (tertiary/aromatic N) is 2. The van der Waals surface area contributed by atoms with Crippen molar-refractivity contribution in [2.45, 2.75) is 12.8 Å². The molecule has 0 N–H and O–H groups in total. The first kappa shape index (κ1) is 10.6. The molecule has 1 aromatic carbocycles. The van der Waals surface area contributed by atoms with Crippen molar-refractivity contribution in [2.75, 3.05) is 6.54 Å². The molecule has 1 heterocycles. The van der Waals surface area contributed by atoms with Crippen molar-refractivity contribution in [3.63, 3.8) is 0 Å². The summed E-state index contributed by atoms with van der Waals surface area (Å²) in [5.41, 5.74) is 2.30. The van der Waals surface area contributed by atoms with Gasteiger partial charge in [0.15, 0.2) is 0 Å². The van der Waals surface area contributed by atoms with Crippen molar-refractivity contribution >= 4 is 11.8 Å². The summed E-state index contributed by atoms with van der Waals surface area (Å²) < 4.78 is 13.8. The Morgan fingerprint density at radius 2 is 2.31 bits per heavy atom. The Morgan fingerprint density at radius 1 is 1.44 bits per heavy atom. The first-order chi connectivity index (χ1) is 7.81. The summed E-state index contributed by atoms with van der Waals surface area (Å²) in [6.45, 7) is 0.620. The second-order valence-corrected chi connectivity index (χ2v) is 3.63. The normalized spacial score (nSPS) is 14.4. The molecular formula is C13H11FN2. The Bertz CT molecular complexity index is 495. The fourth-order valence-corrected chi connectivity index (χ4v) is 1.72. The zero-order chi connectivity index (χ0) is 11.4. The van der Waals surface area contributed by atoms with E-state index in [9.17, 15) is 4.39 Å². The Balaban J connectivity index is 2.29. The monoisotopic (exact) mass is 214 g/mol. The van der Waals surface area contributed by atoms with Crippen molar-refractivity contribution in [1.82, 2.24) is 0 Å². The summed E-state index contributed by atoms with van der Waals surface area (Å²) in [5.74, 6) is -0.255. The van der Waals surface area contributed by atoms with Crippen LogP contribution in [0.3, 0.4) is 0 Å². The molecule has 0 amide bonds. The number of halogens is 1. The minimum atomic E-state index is -0.255. The summed E-state index contributed by atoms with van der Waals surface area (Å²) in [4.78, 5) is 4.06. The first-order valence-corrected chi connectivity index (χ1v) is 5.14. The summed E-state index contributed by atoms with van der Waals surface area (Å²) in [6, 6.07) is 6.99.